The van der Waals surface area contributed by atoms with Crippen LogP contribution in [0.1, 0.15) is 25.3 Å². The Bertz CT molecular complexity index is 1010. The fourth-order valence-electron chi connectivity index (χ4n) is 3.76. The Morgan fingerprint density at radius 1 is 0.931 bits per heavy atom. The van der Waals surface area contributed by atoms with Crippen molar-refractivity contribution in [1.29, 1.82) is 0 Å². The molecule has 2 aromatic rings. The molecule has 1 N–H and O–H groups in total. The summed E-state index contributed by atoms with van der Waals surface area (Å²) in [6.07, 6.45) is 1.98. The highest BCUT2D eigenvalue weighted by atomic mass is 35.5. The molecule has 0 bridgehead atoms. The molecule has 6 nitrogen and oxygen atoms in total. The highest BCUT2D eigenvalue weighted by Gasteiger charge is 2.42. The van der Waals surface area contributed by atoms with E-state index < -0.39 is 0 Å². The number of carbonyl (C=O) groups is 3. The van der Waals surface area contributed by atoms with Crippen LogP contribution in [0.5, 0.6) is 0 Å². The SMILES string of the molecule is CC(=O)Nc1ccc(N2C(=O)C(c3ccc(Cl)cc3)=C(N3CCCC3)C2=O)cc1. The van der Waals surface area contributed by atoms with Gasteiger partial charge in [-0.05, 0) is 54.8 Å². The van der Waals surface area contributed by atoms with E-state index in [-0.39, 0.29) is 17.7 Å². The Hall–Kier alpha value is -3.12. The number of halogens is 1. The minimum atomic E-state index is -0.355. The molecule has 4 rings (SSSR count). The summed E-state index contributed by atoms with van der Waals surface area (Å²) in [5, 5.41) is 3.25. The summed E-state index contributed by atoms with van der Waals surface area (Å²) in [5.74, 6) is -0.866. The molecule has 0 radical (unpaired) electrons. The first-order valence-electron chi connectivity index (χ1n) is 9.47. The molecule has 1 fully saturated rings. The molecular formula is C22H20ClN3O3. The first kappa shape index (κ1) is 19.2. The predicted molar refractivity (Wildman–Crippen MR) is 112 cm³/mol. The lowest BCUT2D eigenvalue weighted by molar-refractivity contribution is -0.120. The van der Waals surface area contributed by atoms with Crippen molar-refractivity contribution in [1.82, 2.24) is 4.90 Å². The van der Waals surface area contributed by atoms with Gasteiger partial charge in [-0.2, -0.15) is 0 Å². The molecule has 2 aliphatic rings. The number of benzene rings is 2. The van der Waals surface area contributed by atoms with Gasteiger partial charge in [-0.3, -0.25) is 14.4 Å². The van der Waals surface area contributed by atoms with Gasteiger partial charge in [0.25, 0.3) is 11.8 Å². The number of carbonyl (C=O) groups excluding carboxylic acids is 3. The van der Waals surface area contributed by atoms with Crippen LogP contribution in [-0.4, -0.2) is 35.7 Å². The van der Waals surface area contributed by atoms with E-state index in [0.717, 1.165) is 25.9 Å². The van der Waals surface area contributed by atoms with Crippen LogP contribution in [0.2, 0.25) is 5.02 Å². The summed E-state index contributed by atoms with van der Waals surface area (Å²) in [6.45, 7) is 2.92. The van der Waals surface area contributed by atoms with Gasteiger partial charge >= 0.3 is 0 Å². The Morgan fingerprint density at radius 2 is 1.55 bits per heavy atom. The molecular weight excluding hydrogens is 390 g/mol. The number of rotatable bonds is 4. The van der Waals surface area contributed by atoms with Crippen LogP contribution in [0, 0.1) is 0 Å². The van der Waals surface area contributed by atoms with Crippen LogP contribution in [0.4, 0.5) is 11.4 Å². The largest absolute Gasteiger partial charge is 0.366 e. The fourth-order valence-corrected chi connectivity index (χ4v) is 3.89. The third-order valence-corrected chi connectivity index (χ3v) is 5.31. The highest BCUT2D eigenvalue weighted by Crippen LogP contribution is 2.36. The maximum atomic E-state index is 13.3. The van der Waals surface area contributed by atoms with Crippen LogP contribution in [0.25, 0.3) is 5.57 Å². The Balaban J connectivity index is 1.74. The molecule has 0 spiro atoms. The van der Waals surface area contributed by atoms with E-state index in [1.807, 2.05) is 4.90 Å². The number of anilines is 2. The fraction of sp³-hybridized carbons (Fsp3) is 0.227. The molecule has 0 aromatic heterocycles. The first-order valence-corrected chi connectivity index (χ1v) is 9.85. The lowest BCUT2D eigenvalue weighted by Crippen LogP contribution is -2.34. The average molecular weight is 410 g/mol. The second-order valence-corrected chi connectivity index (χ2v) is 7.53. The Morgan fingerprint density at radius 3 is 2.14 bits per heavy atom. The molecule has 0 atom stereocenters. The van der Waals surface area contributed by atoms with Crippen molar-refractivity contribution < 1.29 is 14.4 Å². The molecule has 7 heteroatoms. The normalized spacial score (nSPS) is 16.8. The third kappa shape index (κ3) is 3.63. The van der Waals surface area contributed by atoms with Gasteiger partial charge < -0.3 is 10.2 Å². The number of hydrogen-bond acceptors (Lipinski definition) is 4. The minimum Gasteiger partial charge on any atom is -0.366 e. The van der Waals surface area contributed by atoms with Crippen molar-refractivity contribution in [2.24, 2.45) is 0 Å². The molecule has 2 aliphatic heterocycles. The Labute approximate surface area is 173 Å². The lowest BCUT2D eigenvalue weighted by Gasteiger charge is -2.20. The molecule has 1 saturated heterocycles. The molecule has 2 heterocycles. The van der Waals surface area contributed by atoms with Crippen molar-refractivity contribution >= 4 is 46.3 Å². The minimum absolute atomic E-state index is 0.186. The zero-order valence-corrected chi connectivity index (χ0v) is 16.7. The van der Waals surface area contributed by atoms with Gasteiger partial charge in [0.2, 0.25) is 5.91 Å². The van der Waals surface area contributed by atoms with E-state index in [1.54, 1.807) is 48.5 Å². The monoisotopic (exact) mass is 409 g/mol. The number of nitrogens with one attached hydrogen (secondary N) is 1. The zero-order valence-electron chi connectivity index (χ0n) is 15.9. The second kappa shape index (κ2) is 7.72. The van der Waals surface area contributed by atoms with E-state index >= 15 is 0 Å². The van der Waals surface area contributed by atoms with Gasteiger partial charge in [-0.15, -0.1) is 0 Å². The van der Waals surface area contributed by atoms with Crippen molar-refractivity contribution in [3.63, 3.8) is 0 Å². The highest BCUT2D eigenvalue weighted by molar-refractivity contribution is 6.45. The molecule has 29 heavy (non-hydrogen) atoms. The summed E-state index contributed by atoms with van der Waals surface area (Å²) in [5.41, 5.74) is 2.59. The standard InChI is InChI=1S/C22H20ClN3O3/c1-14(27)24-17-8-10-18(11-9-17)26-21(28)19(15-4-6-16(23)7-5-15)20(22(26)29)25-12-2-3-13-25/h4-11H,2-3,12-13H2,1H3,(H,24,27). The van der Waals surface area contributed by atoms with Gasteiger partial charge in [0.05, 0.1) is 11.3 Å². The van der Waals surface area contributed by atoms with E-state index in [0.29, 0.717) is 33.2 Å². The van der Waals surface area contributed by atoms with Crippen LogP contribution >= 0.6 is 11.6 Å². The number of hydrogen-bond donors (Lipinski definition) is 1. The molecule has 0 saturated carbocycles. The molecule has 0 aliphatic carbocycles. The second-order valence-electron chi connectivity index (χ2n) is 7.10. The van der Waals surface area contributed by atoms with Crippen LogP contribution in [0.3, 0.4) is 0 Å². The summed E-state index contributed by atoms with van der Waals surface area (Å²) in [6, 6.07) is 13.6. The summed E-state index contributed by atoms with van der Waals surface area (Å²) in [4.78, 5) is 41.1. The van der Waals surface area contributed by atoms with Crippen molar-refractivity contribution in [2.75, 3.05) is 23.3 Å². The summed E-state index contributed by atoms with van der Waals surface area (Å²) < 4.78 is 0. The number of likely N-dealkylation sites (tertiary alicyclic amines) is 1. The van der Waals surface area contributed by atoms with E-state index in [4.69, 9.17) is 11.6 Å². The van der Waals surface area contributed by atoms with Gasteiger partial charge in [-0.25, -0.2) is 4.90 Å². The van der Waals surface area contributed by atoms with Crippen LogP contribution in [-0.2, 0) is 14.4 Å². The number of amides is 3. The maximum Gasteiger partial charge on any atom is 0.282 e. The quantitative estimate of drug-likeness (QED) is 0.782. The van der Waals surface area contributed by atoms with Crippen molar-refractivity contribution in [3.05, 3.63) is 64.8 Å². The molecule has 148 valence electrons. The summed E-state index contributed by atoms with van der Waals surface area (Å²) >= 11 is 6.00. The van der Waals surface area contributed by atoms with Crippen molar-refractivity contribution in [3.8, 4) is 0 Å². The topological polar surface area (TPSA) is 69.7 Å². The van der Waals surface area contributed by atoms with E-state index in [2.05, 4.69) is 5.32 Å². The van der Waals surface area contributed by atoms with E-state index in [1.165, 1.54) is 11.8 Å². The lowest BCUT2D eigenvalue weighted by atomic mass is 10.0. The van der Waals surface area contributed by atoms with Gasteiger partial charge in [0, 0.05) is 30.7 Å². The van der Waals surface area contributed by atoms with Crippen molar-refractivity contribution in [2.45, 2.75) is 19.8 Å². The summed E-state index contributed by atoms with van der Waals surface area (Å²) in [7, 11) is 0. The molecule has 3 amide bonds. The average Bonchev–Trinajstić information content (AvgIpc) is 3.29. The van der Waals surface area contributed by atoms with E-state index in [9.17, 15) is 14.4 Å². The van der Waals surface area contributed by atoms with Gasteiger partial charge in [-0.1, -0.05) is 23.7 Å². The predicted octanol–water partition coefficient (Wildman–Crippen LogP) is 3.68. The van der Waals surface area contributed by atoms with Gasteiger partial charge in [0.15, 0.2) is 0 Å². The Kier molecular flexibility index (Phi) is 5.11. The van der Waals surface area contributed by atoms with Crippen LogP contribution < -0.4 is 10.2 Å². The maximum absolute atomic E-state index is 13.3. The number of imide groups is 1. The van der Waals surface area contributed by atoms with Crippen LogP contribution in [0.15, 0.2) is 54.2 Å². The van der Waals surface area contributed by atoms with Gasteiger partial charge in [0.1, 0.15) is 5.70 Å². The molecule has 0 unspecified atom stereocenters. The first-order chi connectivity index (χ1) is 14.0. The smallest absolute Gasteiger partial charge is 0.282 e. The third-order valence-electron chi connectivity index (χ3n) is 5.06. The molecule has 2 aromatic carbocycles. The zero-order chi connectivity index (χ0) is 20.5. The number of nitrogens with zero attached hydrogens (tertiary/aromatic N) is 2.